The average Bonchev–Trinajstić information content (AvgIpc) is 2.83. The number of nitrogens with one attached hydrogen (secondary N) is 1. The maximum atomic E-state index is 12.9. The molecule has 0 radical (unpaired) electrons. The largest absolute Gasteiger partial charge is 0.342 e. The lowest BCUT2D eigenvalue weighted by Crippen LogP contribution is -2.44. The van der Waals surface area contributed by atoms with Crippen molar-refractivity contribution in [2.45, 2.75) is 25.8 Å². The summed E-state index contributed by atoms with van der Waals surface area (Å²) < 4.78 is 1.52. The van der Waals surface area contributed by atoms with Crippen molar-refractivity contribution in [3.63, 3.8) is 0 Å². The van der Waals surface area contributed by atoms with Crippen LogP contribution in [0.1, 0.15) is 24.0 Å². The van der Waals surface area contributed by atoms with E-state index in [2.05, 4.69) is 5.32 Å². The molecule has 0 spiro atoms. The third kappa shape index (κ3) is 5.90. The van der Waals surface area contributed by atoms with Crippen LogP contribution in [0.2, 0.25) is 5.02 Å². The van der Waals surface area contributed by atoms with Gasteiger partial charge in [0.15, 0.2) is 0 Å². The van der Waals surface area contributed by atoms with E-state index < -0.39 is 0 Å². The first-order valence-corrected chi connectivity index (χ1v) is 11.4. The zero-order valence-electron chi connectivity index (χ0n) is 18.2. The minimum atomic E-state index is -0.289. The van der Waals surface area contributed by atoms with Crippen LogP contribution in [0, 0.1) is 5.92 Å². The van der Waals surface area contributed by atoms with E-state index in [0.717, 1.165) is 24.0 Å². The Morgan fingerprint density at radius 2 is 1.76 bits per heavy atom. The van der Waals surface area contributed by atoms with Gasteiger partial charge in [0.25, 0.3) is 5.56 Å². The molecule has 1 aromatic heterocycles. The van der Waals surface area contributed by atoms with Crippen LogP contribution in [0.3, 0.4) is 0 Å². The van der Waals surface area contributed by atoms with E-state index in [4.69, 9.17) is 11.6 Å². The van der Waals surface area contributed by atoms with E-state index in [1.54, 1.807) is 23.2 Å². The van der Waals surface area contributed by atoms with Crippen molar-refractivity contribution in [3.05, 3.63) is 99.4 Å². The maximum absolute atomic E-state index is 12.9. The number of carbonyl (C=O) groups excluding carboxylic acids is 2. The Balaban J connectivity index is 1.40. The molecule has 1 atom stereocenters. The summed E-state index contributed by atoms with van der Waals surface area (Å²) in [5.41, 5.74) is 2.15. The van der Waals surface area contributed by atoms with Crippen molar-refractivity contribution >= 4 is 29.1 Å². The number of benzene rings is 2. The predicted molar refractivity (Wildman–Crippen MR) is 129 cm³/mol. The molecule has 2 heterocycles. The first-order chi connectivity index (χ1) is 16.0. The SMILES string of the molecule is O=C(Nc1ccc(=O)n(Cc2ccccc2Cl)c1)C1CCCN(C(=O)Cc2ccccc2)C1. The third-order valence-electron chi connectivity index (χ3n) is 5.89. The summed E-state index contributed by atoms with van der Waals surface area (Å²) in [5.74, 6) is -0.399. The molecule has 3 aromatic rings. The average molecular weight is 464 g/mol. The van der Waals surface area contributed by atoms with Crippen molar-refractivity contribution in [1.29, 1.82) is 0 Å². The van der Waals surface area contributed by atoms with Crippen LogP contribution in [0.4, 0.5) is 5.69 Å². The molecule has 0 aliphatic carbocycles. The van der Waals surface area contributed by atoms with Crippen molar-refractivity contribution in [2.24, 2.45) is 5.92 Å². The Kier molecular flexibility index (Phi) is 7.25. The third-order valence-corrected chi connectivity index (χ3v) is 6.26. The maximum Gasteiger partial charge on any atom is 0.250 e. The fraction of sp³-hybridized carbons (Fsp3) is 0.269. The smallest absolute Gasteiger partial charge is 0.250 e. The normalized spacial score (nSPS) is 15.8. The van der Waals surface area contributed by atoms with Gasteiger partial charge in [-0.15, -0.1) is 0 Å². The number of pyridine rings is 1. The van der Waals surface area contributed by atoms with Gasteiger partial charge in [-0.2, -0.15) is 0 Å². The first-order valence-electron chi connectivity index (χ1n) is 11.1. The molecule has 1 aliphatic heterocycles. The predicted octanol–water partition coefficient (Wildman–Crippen LogP) is 3.97. The van der Waals surface area contributed by atoms with E-state index in [-0.39, 0.29) is 23.3 Å². The quantitative estimate of drug-likeness (QED) is 0.601. The lowest BCUT2D eigenvalue weighted by Gasteiger charge is -2.32. The second-order valence-corrected chi connectivity index (χ2v) is 8.71. The minimum Gasteiger partial charge on any atom is -0.342 e. The highest BCUT2D eigenvalue weighted by atomic mass is 35.5. The lowest BCUT2D eigenvalue weighted by molar-refractivity contribution is -0.133. The zero-order valence-corrected chi connectivity index (χ0v) is 19.0. The van der Waals surface area contributed by atoms with E-state index in [9.17, 15) is 14.4 Å². The lowest BCUT2D eigenvalue weighted by atomic mass is 9.96. The highest BCUT2D eigenvalue weighted by Crippen LogP contribution is 2.20. The van der Waals surface area contributed by atoms with Crippen LogP contribution in [0.15, 0.2) is 77.7 Å². The van der Waals surface area contributed by atoms with Gasteiger partial charge in [-0.25, -0.2) is 0 Å². The van der Waals surface area contributed by atoms with Crippen LogP contribution in [-0.4, -0.2) is 34.4 Å². The van der Waals surface area contributed by atoms with Gasteiger partial charge in [-0.3, -0.25) is 14.4 Å². The standard InChI is InChI=1S/C26H26ClN3O3/c27-23-11-5-4-9-20(23)16-30-18-22(12-13-24(30)31)28-26(33)21-10-6-14-29(17-21)25(32)15-19-7-2-1-3-8-19/h1-5,7-9,11-13,18,21H,6,10,14-17H2,(H,28,33). The van der Waals surface area contributed by atoms with Gasteiger partial charge in [0, 0.05) is 30.4 Å². The Bertz CT molecular complexity index is 1190. The van der Waals surface area contributed by atoms with Crippen LogP contribution in [0.25, 0.3) is 0 Å². The molecule has 2 amide bonds. The van der Waals surface area contributed by atoms with Gasteiger partial charge >= 0.3 is 0 Å². The van der Waals surface area contributed by atoms with Gasteiger partial charge in [-0.1, -0.05) is 60.1 Å². The van der Waals surface area contributed by atoms with Crippen LogP contribution < -0.4 is 10.9 Å². The van der Waals surface area contributed by atoms with E-state index in [1.165, 1.54) is 10.6 Å². The fourth-order valence-corrected chi connectivity index (χ4v) is 4.28. The summed E-state index contributed by atoms with van der Waals surface area (Å²) in [4.78, 5) is 39.8. The zero-order chi connectivity index (χ0) is 23.2. The first kappa shape index (κ1) is 22.8. The Hall–Kier alpha value is -3.38. The van der Waals surface area contributed by atoms with Crippen LogP contribution in [0.5, 0.6) is 0 Å². The van der Waals surface area contributed by atoms with Crippen molar-refractivity contribution in [2.75, 3.05) is 18.4 Å². The summed E-state index contributed by atoms with van der Waals surface area (Å²) in [7, 11) is 0. The highest BCUT2D eigenvalue weighted by Gasteiger charge is 2.28. The molecule has 1 N–H and O–H groups in total. The molecule has 33 heavy (non-hydrogen) atoms. The number of halogens is 1. The highest BCUT2D eigenvalue weighted by molar-refractivity contribution is 6.31. The van der Waals surface area contributed by atoms with Gasteiger partial charge < -0.3 is 14.8 Å². The van der Waals surface area contributed by atoms with Crippen LogP contribution >= 0.6 is 11.6 Å². The number of nitrogens with zero attached hydrogens (tertiary/aromatic N) is 2. The molecule has 1 unspecified atom stereocenters. The van der Waals surface area contributed by atoms with Gasteiger partial charge in [0.1, 0.15) is 0 Å². The molecule has 2 aromatic carbocycles. The number of rotatable bonds is 6. The van der Waals surface area contributed by atoms with Crippen molar-refractivity contribution in [3.8, 4) is 0 Å². The summed E-state index contributed by atoms with van der Waals surface area (Å²) in [6.07, 6.45) is 3.47. The second kappa shape index (κ2) is 10.5. The molecule has 1 saturated heterocycles. The summed E-state index contributed by atoms with van der Waals surface area (Å²) in [5, 5.41) is 3.50. The Labute approximate surface area is 197 Å². The van der Waals surface area contributed by atoms with Gasteiger partial charge in [-0.05, 0) is 36.1 Å². The van der Waals surface area contributed by atoms with E-state index >= 15 is 0 Å². The molecule has 0 saturated carbocycles. The summed E-state index contributed by atoms with van der Waals surface area (Å²) in [6, 6.07) is 20.0. The topological polar surface area (TPSA) is 71.4 Å². The number of hydrogen-bond donors (Lipinski definition) is 1. The van der Waals surface area contributed by atoms with Crippen LogP contribution in [-0.2, 0) is 22.6 Å². The molecule has 1 aliphatic rings. The number of aromatic nitrogens is 1. The molecule has 4 rings (SSSR count). The minimum absolute atomic E-state index is 0.0342. The monoisotopic (exact) mass is 463 g/mol. The van der Waals surface area contributed by atoms with Gasteiger partial charge in [0.2, 0.25) is 11.8 Å². The number of piperidine rings is 1. The number of hydrogen-bond acceptors (Lipinski definition) is 3. The molecule has 7 heteroatoms. The molecule has 6 nitrogen and oxygen atoms in total. The second-order valence-electron chi connectivity index (χ2n) is 8.31. The number of carbonyl (C=O) groups is 2. The molecule has 0 bridgehead atoms. The fourth-order valence-electron chi connectivity index (χ4n) is 4.08. The number of anilines is 1. The molecular formula is C26H26ClN3O3. The summed E-state index contributed by atoms with van der Waals surface area (Å²) >= 11 is 6.23. The van der Waals surface area contributed by atoms with Crippen molar-refractivity contribution < 1.29 is 9.59 Å². The van der Waals surface area contributed by atoms with E-state index in [0.29, 0.717) is 36.8 Å². The van der Waals surface area contributed by atoms with Crippen molar-refractivity contribution in [1.82, 2.24) is 9.47 Å². The van der Waals surface area contributed by atoms with Gasteiger partial charge in [0.05, 0.1) is 24.6 Å². The molecular weight excluding hydrogens is 438 g/mol. The summed E-state index contributed by atoms with van der Waals surface area (Å²) in [6.45, 7) is 1.38. The molecule has 1 fully saturated rings. The Morgan fingerprint density at radius 3 is 2.55 bits per heavy atom. The Morgan fingerprint density at radius 1 is 1.00 bits per heavy atom. The van der Waals surface area contributed by atoms with E-state index in [1.807, 2.05) is 48.5 Å². The number of amides is 2. The number of likely N-dealkylation sites (tertiary alicyclic amines) is 1. The molecule has 170 valence electrons.